The second-order valence-corrected chi connectivity index (χ2v) is 3.91. The first-order chi connectivity index (χ1) is 8.27. The molecule has 17 heavy (non-hydrogen) atoms. The molecule has 0 bridgehead atoms. The van der Waals surface area contributed by atoms with E-state index in [0.717, 1.165) is 17.1 Å². The van der Waals surface area contributed by atoms with Crippen LogP contribution in [-0.4, -0.2) is 10.7 Å². The smallest absolute Gasteiger partial charge is 0.0859 e. The molecule has 1 aromatic carbocycles. The molecule has 1 aromatic heterocycles. The molecule has 2 rings (SSSR count). The van der Waals surface area contributed by atoms with Crippen LogP contribution in [0.25, 0.3) is 0 Å². The molecule has 0 unspecified atom stereocenters. The van der Waals surface area contributed by atoms with Crippen molar-refractivity contribution in [2.45, 2.75) is 6.92 Å². The number of nitrogens with zero attached hydrogens (tertiary/aromatic N) is 2. The van der Waals surface area contributed by atoms with Gasteiger partial charge < -0.3 is 0 Å². The van der Waals surface area contributed by atoms with Gasteiger partial charge in [0.05, 0.1) is 22.1 Å². The number of nitrogens with one attached hydrogen (secondary N) is 1. The highest BCUT2D eigenvalue weighted by Gasteiger charge is 1.99. The third-order valence-electron chi connectivity index (χ3n) is 2.25. The van der Waals surface area contributed by atoms with Gasteiger partial charge in [-0.15, -0.1) is 0 Å². The summed E-state index contributed by atoms with van der Waals surface area (Å²) in [7, 11) is 0. The van der Waals surface area contributed by atoms with E-state index in [1.807, 2.05) is 49.4 Å². The Morgan fingerprint density at radius 1 is 1.18 bits per heavy atom. The van der Waals surface area contributed by atoms with E-state index in [2.05, 4.69) is 15.5 Å². The Kier molecular flexibility index (Phi) is 3.73. The zero-order valence-electron chi connectivity index (χ0n) is 9.39. The first kappa shape index (κ1) is 11.6. The van der Waals surface area contributed by atoms with Crippen molar-refractivity contribution in [3.63, 3.8) is 0 Å². The molecule has 0 spiro atoms. The average molecular weight is 246 g/mol. The highest BCUT2D eigenvalue weighted by molar-refractivity contribution is 6.33. The van der Waals surface area contributed by atoms with Crippen molar-refractivity contribution in [2.24, 2.45) is 5.10 Å². The van der Waals surface area contributed by atoms with Crippen LogP contribution in [0, 0.1) is 0 Å². The summed E-state index contributed by atoms with van der Waals surface area (Å²) in [5, 5.41) is 4.89. The molecule has 86 valence electrons. The number of para-hydroxylation sites is 1. The van der Waals surface area contributed by atoms with Crippen LogP contribution in [0.15, 0.2) is 53.8 Å². The molecule has 3 nitrogen and oxygen atoms in total. The minimum Gasteiger partial charge on any atom is -0.277 e. The first-order valence-corrected chi connectivity index (χ1v) is 5.61. The molecule has 1 N–H and O–H groups in total. The molecule has 0 atom stereocenters. The van der Waals surface area contributed by atoms with E-state index in [4.69, 9.17) is 11.6 Å². The average Bonchev–Trinajstić information content (AvgIpc) is 2.38. The van der Waals surface area contributed by atoms with E-state index in [9.17, 15) is 0 Å². The van der Waals surface area contributed by atoms with Gasteiger partial charge in [0.1, 0.15) is 0 Å². The van der Waals surface area contributed by atoms with E-state index >= 15 is 0 Å². The molecular formula is C13H12ClN3. The molecule has 0 amide bonds. The van der Waals surface area contributed by atoms with Crippen LogP contribution in [0.5, 0.6) is 0 Å². The van der Waals surface area contributed by atoms with Gasteiger partial charge in [0.15, 0.2) is 0 Å². The van der Waals surface area contributed by atoms with Crippen LogP contribution < -0.4 is 5.43 Å². The number of aromatic nitrogens is 1. The van der Waals surface area contributed by atoms with Gasteiger partial charge in [-0.2, -0.15) is 5.10 Å². The van der Waals surface area contributed by atoms with Gasteiger partial charge in [-0.05, 0) is 31.2 Å². The van der Waals surface area contributed by atoms with E-state index in [0.29, 0.717) is 5.02 Å². The fraction of sp³-hybridized carbons (Fsp3) is 0.0769. The topological polar surface area (TPSA) is 37.3 Å². The lowest BCUT2D eigenvalue weighted by molar-refractivity contribution is 1.25. The van der Waals surface area contributed by atoms with Crippen molar-refractivity contribution >= 4 is 23.0 Å². The molecule has 0 aliphatic rings. The van der Waals surface area contributed by atoms with E-state index in [1.54, 1.807) is 6.20 Å². The molecule has 0 aliphatic heterocycles. The number of hydrogen-bond acceptors (Lipinski definition) is 3. The minimum absolute atomic E-state index is 0.644. The molecule has 0 radical (unpaired) electrons. The molecule has 0 saturated carbocycles. The summed E-state index contributed by atoms with van der Waals surface area (Å²) in [6.45, 7) is 1.90. The fourth-order valence-corrected chi connectivity index (χ4v) is 1.51. The summed E-state index contributed by atoms with van der Waals surface area (Å²) in [4.78, 5) is 4.21. The maximum Gasteiger partial charge on any atom is 0.0859 e. The maximum atomic E-state index is 6.01. The van der Waals surface area contributed by atoms with Gasteiger partial charge in [0.25, 0.3) is 0 Å². The maximum absolute atomic E-state index is 6.01. The Bertz CT molecular complexity index is 523. The predicted octanol–water partition coefficient (Wildman–Crippen LogP) is 3.57. The monoisotopic (exact) mass is 245 g/mol. The van der Waals surface area contributed by atoms with Crippen molar-refractivity contribution in [3.8, 4) is 0 Å². The van der Waals surface area contributed by atoms with Crippen LogP contribution in [0.3, 0.4) is 0 Å². The van der Waals surface area contributed by atoms with Crippen LogP contribution in [-0.2, 0) is 0 Å². The third kappa shape index (κ3) is 3.04. The predicted molar refractivity (Wildman–Crippen MR) is 71.5 cm³/mol. The lowest BCUT2D eigenvalue weighted by atomic mass is 10.3. The number of rotatable bonds is 3. The lowest BCUT2D eigenvalue weighted by Crippen LogP contribution is -2.01. The number of hydrogen-bond donors (Lipinski definition) is 1. The normalized spacial score (nSPS) is 11.3. The number of anilines is 1. The highest BCUT2D eigenvalue weighted by atomic mass is 35.5. The summed E-state index contributed by atoms with van der Waals surface area (Å²) in [5.41, 5.74) is 5.36. The Labute approximate surface area is 105 Å². The molecule has 1 heterocycles. The van der Waals surface area contributed by atoms with E-state index in [1.165, 1.54) is 0 Å². The van der Waals surface area contributed by atoms with Gasteiger partial charge in [0, 0.05) is 6.20 Å². The summed E-state index contributed by atoms with van der Waals surface area (Å²) < 4.78 is 0. The van der Waals surface area contributed by atoms with Crippen molar-refractivity contribution < 1.29 is 0 Å². The Balaban J connectivity index is 2.14. The zero-order valence-corrected chi connectivity index (χ0v) is 10.1. The number of hydrazone groups is 1. The van der Waals surface area contributed by atoms with Crippen LogP contribution in [0.1, 0.15) is 12.6 Å². The standard InChI is InChI=1S/C13H12ClN3/c1-10(12-7-4-5-9-15-12)16-17-13-8-3-2-6-11(13)14/h2-9,17H,1H3/b16-10+. The molecular weight excluding hydrogens is 234 g/mol. The Hall–Kier alpha value is -1.87. The SMILES string of the molecule is C/C(=N\Nc1ccccc1Cl)c1ccccn1. The van der Waals surface area contributed by atoms with Gasteiger partial charge in [-0.3, -0.25) is 10.4 Å². The highest BCUT2D eigenvalue weighted by Crippen LogP contribution is 2.20. The largest absolute Gasteiger partial charge is 0.277 e. The lowest BCUT2D eigenvalue weighted by Gasteiger charge is -2.04. The quantitative estimate of drug-likeness (QED) is 0.663. The van der Waals surface area contributed by atoms with Crippen molar-refractivity contribution in [1.29, 1.82) is 0 Å². The fourth-order valence-electron chi connectivity index (χ4n) is 1.33. The number of halogens is 1. The van der Waals surface area contributed by atoms with Gasteiger partial charge in [-0.1, -0.05) is 29.8 Å². The second-order valence-electron chi connectivity index (χ2n) is 3.50. The Morgan fingerprint density at radius 2 is 1.94 bits per heavy atom. The van der Waals surface area contributed by atoms with Crippen molar-refractivity contribution in [2.75, 3.05) is 5.43 Å². The van der Waals surface area contributed by atoms with Gasteiger partial charge in [0.2, 0.25) is 0 Å². The Morgan fingerprint density at radius 3 is 2.65 bits per heavy atom. The molecule has 2 aromatic rings. The summed E-state index contributed by atoms with van der Waals surface area (Å²) in [5.74, 6) is 0. The third-order valence-corrected chi connectivity index (χ3v) is 2.58. The summed E-state index contributed by atoms with van der Waals surface area (Å²) >= 11 is 6.01. The molecule has 0 fully saturated rings. The van der Waals surface area contributed by atoms with Crippen LogP contribution in [0.2, 0.25) is 5.02 Å². The molecule has 4 heteroatoms. The number of benzene rings is 1. The van der Waals surface area contributed by atoms with Gasteiger partial charge in [-0.25, -0.2) is 0 Å². The second kappa shape index (κ2) is 5.46. The minimum atomic E-state index is 0.644. The molecule has 0 saturated heterocycles. The summed E-state index contributed by atoms with van der Waals surface area (Å²) in [6, 6.07) is 13.2. The van der Waals surface area contributed by atoms with E-state index < -0.39 is 0 Å². The van der Waals surface area contributed by atoms with E-state index in [-0.39, 0.29) is 0 Å². The zero-order chi connectivity index (χ0) is 12.1. The summed E-state index contributed by atoms with van der Waals surface area (Å²) in [6.07, 6.45) is 1.74. The van der Waals surface area contributed by atoms with Crippen LogP contribution in [0.4, 0.5) is 5.69 Å². The van der Waals surface area contributed by atoms with Gasteiger partial charge >= 0.3 is 0 Å². The number of pyridine rings is 1. The first-order valence-electron chi connectivity index (χ1n) is 5.23. The van der Waals surface area contributed by atoms with Crippen LogP contribution >= 0.6 is 11.6 Å². The van der Waals surface area contributed by atoms with Crippen molar-refractivity contribution in [1.82, 2.24) is 4.98 Å². The van der Waals surface area contributed by atoms with Crippen molar-refractivity contribution in [3.05, 3.63) is 59.4 Å². The molecule has 0 aliphatic carbocycles.